The molecule has 198 valence electrons. The zero-order chi connectivity index (χ0) is 27.4. The van der Waals surface area contributed by atoms with Gasteiger partial charge in [0.25, 0.3) is 0 Å². The van der Waals surface area contributed by atoms with E-state index >= 15 is 0 Å². The highest BCUT2D eigenvalue weighted by atomic mass is 19.1. The third-order valence-corrected chi connectivity index (χ3v) is 6.29. The summed E-state index contributed by atoms with van der Waals surface area (Å²) in [6, 6.07) is 9.39. The van der Waals surface area contributed by atoms with Gasteiger partial charge in [0.05, 0.1) is 41.8 Å². The Morgan fingerprint density at radius 1 is 1.10 bits per heavy atom. The number of aliphatic hydroxyl groups is 1. The summed E-state index contributed by atoms with van der Waals surface area (Å²) < 4.78 is 20.7. The first-order valence-corrected chi connectivity index (χ1v) is 12.6. The summed E-state index contributed by atoms with van der Waals surface area (Å²) in [7, 11) is 0. The van der Waals surface area contributed by atoms with E-state index in [1.54, 1.807) is 37.0 Å². The standard InChI is InChI=1S/C29H28FN7O2/c1-29(2,38)20-39-25-13-26(28-23(14-31)17-34-37(28)19-25)22-5-6-27(33-16-22)36-10-8-35(9-11-36)7-3-4-21-12-24(30)18-32-15-21/h5-6,12-13,15-19,38H,7-11,20H2,1-2H3. The van der Waals surface area contributed by atoms with Crippen molar-refractivity contribution in [1.82, 2.24) is 24.5 Å². The fraction of sp³-hybridized carbons (Fsp3) is 0.310. The SMILES string of the molecule is CC(C)(O)COc1cc(-c2ccc(N3CCN(CC#Cc4cncc(F)c4)CC3)nc2)c2c(C#N)cnn2c1. The lowest BCUT2D eigenvalue weighted by Crippen LogP contribution is -2.46. The molecule has 10 heteroatoms. The van der Waals surface area contributed by atoms with Gasteiger partial charge in [-0.05, 0) is 38.1 Å². The van der Waals surface area contributed by atoms with Crippen LogP contribution in [0.1, 0.15) is 25.0 Å². The van der Waals surface area contributed by atoms with Crippen LogP contribution in [0, 0.1) is 29.0 Å². The number of hydrogen-bond acceptors (Lipinski definition) is 8. The summed E-state index contributed by atoms with van der Waals surface area (Å²) in [6.07, 6.45) is 7.74. The van der Waals surface area contributed by atoms with E-state index in [4.69, 9.17) is 9.72 Å². The molecule has 0 spiro atoms. The molecule has 1 aliphatic rings. The molecule has 0 amide bonds. The van der Waals surface area contributed by atoms with Crippen molar-refractivity contribution in [2.75, 3.05) is 44.2 Å². The van der Waals surface area contributed by atoms with E-state index in [2.05, 4.69) is 37.8 Å². The molecule has 1 saturated heterocycles. The number of fused-ring (bicyclic) bond motifs is 1. The maximum absolute atomic E-state index is 13.3. The van der Waals surface area contributed by atoms with Crippen LogP contribution in [-0.4, -0.2) is 74.5 Å². The number of nitriles is 1. The molecule has 9 nitrogen and oxygen atoms in total. The molecule has 1 aliphatic heterocycles. The average molecular weight is 526 g/mol. The van der Waals surface area contributed by atoms with E-state index in [1.165, 1.54) is 12.3 Å². The van der Waals surface area contributed by atoms with Crippen molar-refractivity contribution in [2.24, 2.45) is 0 Å². The molecule has 0 atom stereocenters. The van der Waals surface area contributed by atoms with Crippen molar-refractivity contribution in [3.63, 3.8) is 0 Å². The molecule has 0 saturated carbocycles. The molecule has 5 heterocycles. The van der Waals surface area contributed by atoms with Gasteiger partial charge in [0, 0.05) is 55.3 Å². The Hall–Kier alpha value is -4.51. The molecule has 1 fully saturated rings. The second kappa shape index (κ2) is 11.1. The van der Waals surface area contributed by atoms with Gasteiger partial charge in [-0.15, -0.1) is 0 Å². The number of anilines is 1. The third-order valence-electron chi connectivity index (χ3n) is 6.29. The van der Waals surface area contributed by atoms with E-state index in [9.17, 15) is 14.8 Å². The van der Waals surface area contributed by atoms with Crippen LogP contribution in [0.2, 0.25) is 0 Å². The molecule has 4 aromatic heterocycles. The third kappa shape index (κ3) is 6.32. The molecule has 0 aromatic carbocycles. The van der Waals surface area contributed by atoms with Gasteiger partial charge in [-0.1, -0.05) is 11.8 Å². The first kappa shape index (κ1) is 26.1. The first-order valence-electron chi connectivity index (χ1n) is 12.6. The number of hydrogen-bond donors (Lipinski definition) is 1. The normalized spacial score (nSPS) is 14.1. The zero-order valence-electron chi connectivity index (χ0n) is 21.8. The molecule has 0 bridgehead atoms. The highest BCUT2D eigenvalue weighted by molar-refractivity contribution is 5.85. The predicted octanol–water partition coefficient (Wildman–Crippen LogP) is 3.13. The number of piperazine rings is 1. The lowest BCUT2D eigenvalue weighted by Gasteiger charge is -2.34. The second-order valence-corrected chi connectivity index (χ2v) is 10.0. The highest BCUT2D eigenvalue weighted by Crippen LogP contribution is 2.31. The van der Waals surface area contributed by atoms with Crippen LogP contribution < -0.4 is 9.64 Å². The van der Waals surface area contributed by atoms with E-state index in [1.807, 2.05) is 18.2 Å². The van der Waals surface area contributed by atoms with E-state index in [0.717, 1.165) is 49.3 Å². The van der Waals surface area contributed by atoms with E-state index in [-0.39, 0.29) is 12.4 Å². The summed E-state index contributed by atoms with van der Waals surface area (Å²) in [5.74, 6) is 7.08. The largest absolute Gasteiger partial charge is 0.489 e. The van der Waals surface area contributed by atoms with Crippen molar-refractivity contribution in [3.05, 3.63) is 72.2 Å². The Balaban J connectivity index is 1.28. The maximum Gasteiger partial charge on any atom is 0.142 e. The number of pyridine rings is 3. The fourth-order valence-electron chi connectivity index (χ4n) is 4.34. The van der Waals surface area contributed by atoms with Crippen molar-refractivity contribution in [2.45, 2.75) is 19.4 Å². The topological polar surface area (TPSA) is 103 Å². The summed E-state index contributed by atoms with van der Waals surface area (Å²) in [4.78, 5) is 13.0. The number of ether oxygens (including phenoxy) is 1. The van der Waals surface area contributed by atoms with Gasteiger partial charge in [0.15, 0.2) is 0 Å². The molecule has 0 aliphatic carbocycles. The average Bonchev–Trinajstić information content (AvgIpc) is 3.35. The molecule has 5 rings (SSSR count). The van der Waals surface area contributed by atoms with Crippen LogP contribution in [0.4, 0.5) is 10.2 Å². The number of rotatable bonds is 6. The van der Waals surface area contributed by atoms with Crippen LogP contribution in [0.25, 0.3) is 16.6 Å². The Labute approximate surface area is 226 Å². The van der Waals surface area contributed by atoms with Crippen LogP contribution in [0.15, 0.2) is 55.2 Å². The monoisotopic (exact) mass is 525 g/mol. The molecular weight excluding hydrogens is 497 g/mol. The van der Waals surface area contributed by atoms with Crippen LogP contribution in [0.5, 0.6) is 5.75 Å². The minimum atomic E-state index is -0.990. The minimum Gasteiger partial charge on any atom is -0.489 e. The van der Waals surface area contributed by atoms with Crippen LogP contribution in [0.3, 0.4) is 0 Å². The van der Waals surface area contributed by atoms with Gasteiger partial charge in [-0.3, -0.25) is 9.88 Å². The van der Waals surface area contributed by atoms with Gasteiger partial charge in [0.1, 0.15) is 30.1 Å². The molecule has 39 heavy (non-hydrogen) atoms. The number of nitrogens with zero attached hydrogens (tertiary/aromatic N) is 7. The Morgan fingerprint density at radius 3 is 2.62 bits per heavy atom. The molecule has 0 unspecified atom stereocenters. The fourth-order valence-corrected chi connectivity index (χ4v) is 4.34. The van der Waals surface area contributed by atoms with Crippen molar-refractivity contribution in [1.29, 1.82) is 5.26 Å². The predicted molar refractivity (Wildman–Crippen MR) is 145 cm³/mol. The zero-order valence-corrected chi connectivity index (χ0v) is 21.8. The minimum absolute atomic E-state index is 0.112. The van der Waals surface area contributed by atoms with Crippen molar-refractivity contribution in [3.8, 4) is 34.8 Å². The van der Waals surface area contributed by atoms with Crippen molar-refractivity contribution >= 4 is 11.3 Å². The van der Waals surface area contributed by atoms with Gasteiger partial charge in [0.2, 0.25) is 0 Å². The molecule has 0 radical (unpaired) electrons. The summed E-state index contributed by atoms with van der Waals surface area (Å²) in [5.41, 5.74) is 2.31. The Morgan fingerprint density at radius 2 is 1.92 bits per heavy atom. The quantitative estimate of drug-likeness (QED) is 0.383. The number of halogens is 1. The summed E-state index contributed by atoms with van der Waals surface area (Å²) in [5, 5.41) is 24.0. The second-order valence-electron chi connectivity index (χ2n) is 10.0. The van der Waals surface area contributed by atoms with E-state index < -0.39 is 5.60 Å². The van der Waals surface area contributed by atoms with Gasteiger partial charge >= 0.3 is 0 Å². The van der Waals surface area contributed by atoms with Gasteiger partial charge in [-0.2, -0.15) is 10.4 Å². The smallest absolute Gasteiger partial charge is 0.142 e. The maximum atomic E-state index is 13.3. The number of aromatic nitrogens is 4. The summed E-state index contributed by atoms with van der Waals surface area (Å²) >= 11 is 0. The lowest BCUT2D eigenvalue weighted by molar-refractivity contribution is 0.0283. The Bertz CT molecular complexity index is 1570. The molecular formula is C29H28FN7O2. The van der Waals surface area contributed by atoms with Gasteiger partial charge < -0.3 is 14.7 Å². The molecule has 4 aromatic rings. The van der Waals surface area contributed by atoms with E-state index in [0.29, 0.717) is 28.9 Å². The lowest BCUT2D eigenvalue weighted by atomic mass is 10.1. The molecule has 1 N–H and O–H groups in total. The first-order chi connectivity index (χ1) is 18.8. The van der Waals surface area contributed by atoms with Crippen molar-refractivity contribution < 1.29 is 14.2 Å². The van der Waals surface area contributed by atoms with Crippen LogP contribution in [-0.2, 0) is 0 Å². The highest BCUT2D eigenvalue weighted by Gasteiger charge is 2.19. The van der Waals surface area contributed by atoms with Gasteiger partial charge in [-0.25, -0.2) is 13.9 Å². The van der Waals surface area contributed by atoms with Crippen LogP contribution >= 0.6 is 0 Å². The summed E-state index contributed by atoms with van der Waals surface area (Å²) in [6.45, 7) is 7.35. The Kier molecular flexibility index (Phi) is 7.42.